The lowest BCUT2D eigenvalue weighted by molar-refractivity contribution is -0.146. The van der Waals surface area contributed by atoms with E-state index in [1.807, 2.05) is 6.92 Å². The second-order valence-electron chi connectivity index (χ2n) is 3.99. The van der Waals surface area contributed by atoms with Crippen molar-refractivity contribution in [3.63, 3.8) is 0 Å². The van der Waals surface area contributed by atoms with Crippen molar-refractivity contribution in [3.05, 3.63) is 0 Å². The smallest absolute Gasteiger partial charge is 0.323 e. The summed E-state index contributed by atoms with van der Waals surface area (Å²) in [6.45, 7) is 3.36. The van der Waals surface area contributed by atoms with Gasteiger partial charge < -0.3 is 10.1 Å². The number of esters is 1. The summed E-state index contributed by atoms with van der Waals surface area (Å²) in [4.78, 5) is 11.5. The number of ether oxygens (including phenoxy) is 1. The van der Waals surface area contributed by atoms with Gasteiger partial charge in [-0.1, -0.05) is 6.42 Å². The summed E-state index contributed by atoms with van der Waals surface area (Å²) in [7, 11) is 0. The lowest BCUT2D eigenvalue weighted by Gasteiger charge is -2.15. The van der Waals surface area contributed by atoms with Crippen LogP contribution in [0.25, 0.3) is 0 Å². The molecular formula is C10H17NO2. The maximum absolute atomic E-state index is 11.5. The molecule has 0 spiro atoms. The van der Waals surface area contributed by atoms with Crippen LogP contribution in [-0.2, 0) is 9.53 Å². The molecule has 1 aliphatic heterocycles. The Balaban J connectivity index is 1.96. The second-order valence-corrected chi connectivity index (χ2v) is 3.99. The van der Waals surface area contributed by atoms with Gasteiger partial charge in [0.15, 0.2) is 0 Å². The predicted octanol–water partition coefficient (Wildman–Crippen LogP) is 0.938. The van der Waals surface area contributed by atoms with E-state index in [0.717, 1.165) is 12.5 Å². The number of hydrogen-bond acceptors (Lipinski definition) is 3. The standard InChI is InChI=1S/C10H17NO2/c1-2-13-10(12)9-8-5-3-4-7(8)6-11-9/h7-9,11H,2-6H2,1H3/t7?,8-,9-/m0/s1. The van der Waals surface area contributed by atoms with E-state index >= 15 is 0 Å². The number of carbonyl (C=O) groups is 1. The molecule has 3 atom stereocenters. The fourth-order valence-corrected chi connectivity index (χ4v) is 2.68. The third-order valence-corrected chi connectivity index (χ3v) is 3.29. The molecule has 1 aliphatic carbocycles. The quantitative estimate of drug-likeness (QED) is 0.647. The van der Waals surface area contributed by atoms with Crippen LogP contribution in [-0.4, -0.2) is 25.2 Å². The molecule has 3 nitrogen and oxygen atoms in total. The SMILES string of the molecule is CCOC(=O)[C@H]1NCC2CCC[C@@H]21. The van der Waals surface area contributed by atoms with Gasteiger partial charge in [0.2, 0.25) is 0 Å². The molecule has 13 heavy (non-hydrogen) atoms. The van der Waals surface area contributed by atoms with Gasteiger partial charge in [0, 0.05) is 0 Å². The van der Waals surface area contributed by atoms with Gasteiger partial charge >= 0.3 is 5.97 Å². The minimum absolute atomic E-state index is 0.00699. The minimum Gasteiger partial charge on any atom is -0.465 e. The third kappa shape index (κ3) is 1.57. The molecule has 3 heteroatoms. The Bertz CT molecular complexity index is 205. The average molecular weight is 183 g/mol. The normalized spacial score (nSPS) is 37.5. The molecule has 0 radical (unpaired) electrons. The number of rotatable bonds is 2. The van der Waals surface area contributed by atoms with E-state index < -0.39 is 0 Å². The highest BCUT2D eigenvalue weighted by atomic mass is 16.5. The second kappa shape index (κ2) is 3.66. The Morgan fingerprint density at radius 3 is 3.15 bits per heavy atom. The zero-order valence-corrected chi connectivity index (χ0v) is 8.08. The Hall–Kier alpha value is -0.570. The number of carbonyl (C=O) groups excluding carboxylic acids is 1. The van der Waals surface area contributed by atoms with Crippen LogP contribution >= 0.6 is 0 Å². The van der Waals surface area contributed by atoms with Crippen molar-refractivity contribution < 1.29 is 9.53 Å². The molecule has 1 unspecified atom stereocenters. The summed E-state index contributed by atoms with van der Waals surface area (Å²) < 4.78 is 5.03. The van der Waals surface area contributed by atoms with Crippen molar-refractivity contribution >= 4 is 5.97 Å². The fourth-order valence-electron chi connectivity index (χ4n) is 2.68. The first-order valence-corrected chi connectivity index (χ1v) is 5.23. The van der Waals surface area contributed by atoms with E-state index in [-0.39, 0.29) is 12.0 Å². The summed E-state index contributed by atoms with van der Waals surface area (Å²) in [5, 5.41) is 3.27. The number of nitrogens with one attached hydrogen (secondary N) is 1. The van der Waals surface area contributed by atoms with Crippen molar-refractivity contribution in [3.8, 4) is 0 Å². The summed E-state index contributed by atoms with van der Waals surface area (Å²) in [5.74, 6) is 1.24. The first kappa shape index (κ1) is 9.00. The Morgan fingerprint density at radius 1 is 1.54 bits per heavy atom. The Kier molecular flexibility index (Phi) is 2.54. The molecule has 1 N–H and O–H groups in total. The van der Waals surface area contributed by atoms with Crippen molar-refractivity contribution in [2.75, 3.05) is 13.2 Å². The Labute approximate surface area is 78.8 Å². The fraction of sp³-hybridized carbons (Fsp3) is 0.900. The van der Waals surface area contributed by atoms with E-state index in [0.29, 0.717) is 12.5 Å². The largest absolute Gasteiger partial charge is 0.465 e. The first-order valence-electron chi connectivity index (χ1n) is 5.23. The molecule has 1 heterocycles. The van der Waals surface area contributed by atoms with E-state index in [1.165, 1.54) is 19.3 Å². The van der Waals surface area contributed by atoms with E-state index in [4.69, 9.17) is 4.74 Å². The van der Waals surface area contributed by atoms with Gasteiger partial charge in [0.05, 0.1) is 6.61 Å². The molecule has 2 aliphatic rings. The maximum atomic E-state index is 11.5. The van der Waals surface area contributed by atoms with Crippen LogP contribution in [0.15, 0.2) is 0 Å². The Morgan fingerprint density at radius 2 is 2.38 bits per heavy atom. The highest BCUT2D eigenvalue weighted by Crippen LogP contribution is 2.37. The van der Waals surface area contributed by atoms with Crippen LogP contribution < -0.4 is 5.32 Å². The molecule has 74 valence electrons. The highest BCUT2D eigenvalue weighted by Gasteiger charge is 2.42. The van der Waals surface area contributed by atoms with Gasteiger partial charge in [-0.3, -0.25) is 4.79 Å². The van der Waals surface area contributed by atoms with Crippen molar-refractivity contribution in [1.82, 2.24) is 5.32 Å². The summed E-state index contributed by atoms with van der Waals surface area (Å²) in [5.41, 5.74) is 0. The monoisotopic (exact) mass is 183 g/mol. The van der Waals surface area contributed by atoms with Gasteiger partial charge in [-0.15, -0.1) is 0 Å². The van der Waals surface area contributed by atoms with Crippen LogP contribution in [0.1, 0.15) is 26.2 Å². The summed E-state index contributed by atoms with van der Waals surface area (Å²) in [6.07, 6.45) is 3.77. The average Bonchev–Trinajstić information content (AvgIpc) is 2.62. The van der Waals surface area contributed by atoms with Crippen molar-refractivity contribution in [2.45, 2.75) is 32.2 Å². The molecule has 0 aromatic heterocycles. The van der Waals surface area contributed by atoms with Crippen LogP contribution in [0.2, 0.25) is 0 Å². The molecule has 0 aromatic rings. The maximum Gasteiger partial charge on any atom is 0.323 e. The molecule has 2 rings (SSSR count). The molecule has 0 bridgehead atoms. The first-order chi connectivity index (χ1) is 6.33. The van der Waals surface area contributed by atoms with Gasteiger partial charge in [-0.05, 0) is 38.1 Å². The molecule has 1 saturated carbocycles. The van der Waals surface area contributed by atoms with Gasteiger partial charge in [0.25, 0.3) is 0 Å². The zero-order chi connectivity index (χ0) is 9.26. The molecule has 0 amide bonds. The summed E-state index contributed by atoms with van der Waals surface area (Å²) >= 11 is 0. The van der Waals surface area contributed by atoms with Crippen LogP contribution in [0.4, 0.5) is 0 Å². The van der Waals surface area contributed by atoms with E-state index in [9.17, 15) is 4.79 Å². The lowest BCUT2D eigenvalue weighted by Crippen LogP contribution is -2.37. The summed E-state index contributed by atoms with van der Waals surface area (Å²) in [6, 6.07) is -0.00699. The third-order valence-electron chi connectivity index (χ3n) is 3.29. The van der Waals surface area contributed by atoms with E-state index in [2.05, 4.69) is 5.32 Å². The van der Waals surface area contributed by atoms with E-state index in [1.54, 1.807) is 0 Å². The molecular weight excluding hydrogens is 166 g/mol. The molecule has 2 fully saturated rings. The molecule has 1 saturated heterocycles. The van der Waals surface area contributed by atoms with Crippen LogP contribution in [0, 0.1) is 11.8 Å². The van der Waals surface area contributed by atoms with Crippen LogP contribution in [0.3, 0.4) is 0 Å². The van der Waals surface area contributed by atoms with Crippen molar-refractivity contribution in [2.24, 2.45) is 11.8 Å². The van der Waals surface area contributed by atoms with Gasteiger partial charge in [-0.2, -0.15) is 0 Å². The van der Waals surface area contributed by atoms with Crippen molar-refractivity contribution in [1.29, 1.82) is 0 Å². The highest BCUT2D eigenvalue weighted by molar-refractivity contribution is 5.76. The minimum atomic E-state index is -0.0445. The molecule has 0 aromatic carbocycles. The number of fused-ring (bicyclic) bond motifs is 1. The zero-order valence-electron chi connectivity index (χ0n) is 8.08. The van der Waals surface area contributed by atoms with Gasteiger partial charge in [-0.25, -0.2) is 0 Å². The number of hydrogen-bond donors (Lipinski definition) is 1. The van der Waals surface area contributed by atoms with Crippen LogP contribution in [0.5, 0.6) is 0 Å². The lowest BCUT2D eigenvalue weighted by atomic mass is 9.94. The topological polar surface area (TPSA) is 38.3 Å². The predicted molar refractivity (Wildman–Crippen MR) is 49.3 cm³/mol. The van der Waals surface area contributed by atoms with Gasteiger partial charge in [0.1, 0.15) is 6.04 Å².